The average molecular weight is 519 g/mol. The first-order valence-electron chi connectivity index (χ1n) is 12.4. The Morgan fingerprint density at radius 1 is 0.974 bits per heavy atom. The predicted octanol–water partition coefficient (Wildman–Crippen LogP) is 3.71. The number of furan rings is 1. The van der Waals surface area contributed by atoms with Crippen LogP contribution in [0.1, 0.15) is 41.2 Å². The molecule has 4 rings (SSSR count). The molecule has 2 unspecified atom stereocenters. The van der Waals surface area contributed by atoms with Crippen LogP contribution in [0.5, 0.6) is 0 Å². The molecule has 3 N–H and O–H groups in total. The first kappa shape index (κ1) is 26.7. The summed E-state index contributed by atoms with van der Waals surface area (Å²) in [6, 6.07) is 8.78. The van der Waals surface area contributed by atoms with E-state index in [4.69, 9.17) is 8.83 Å². The Labute approximate surface area is 218 Å². The molecular formula is C29H30N2O7. The van der Waals surface area contributed by atoms with E-state index in [0.717, 1.165) is 33.0 Å². The smallest absolute Gasteiger partial charge is 0.339 e. The molecule has 38 heavy (non-hydrogen) atoms. The summed E-state index contributed by atoms with van der Waals surface area (Å²) < 4.78 is 11.2. The van der Waals surface area contributed by atoms with Crippen LogP contribution in [0, 0.1) is 20.8 Å². The van der Waals surface area contributed by atoms with Gasteiger partial charge in [-0.3, -0.25) is 9.59 Å². The Morgan fingerprint density at radius 2 is 1.68 bits per heavy atom. The van der Waals surface area contributed by atoms with Crippen molar-refractivity contribution in [1.29, 1.82) is 0 Å². The summed E-state index contributed by atoms with van der Waals surface area (Å²) in [5.41, 5.74) is 4.19. The lowest BCUT2D eigenvalue weighted by molar-refractivity contribution is -0.142. The Bertz CT molecular complexity index is 1580. The summed E-state index contributed by atoms with van der Waals surface area (Å²) in [6.07, 6.45) is 1.85. The first-order chi connectivity index (χ1) is 18.1. The van der Waals surface area contributed by atoms with E-state index in [-0.39, 0.29) is 19.3 Å². The molecular weight excluding hydrogens is 488 g/mol. The van der Waals surface area contributed by atoms with Crippen LogP contribution in [0.15, 0.2) is 56.3 Å². The maximum absolute atomic E-state index is 12.8. The molecule has 2 amide bonds. The molecule has 0 aliphatic carbocycles. The fraction of sp³-hybridized carbons (Fsp3) is 0.310. The number of carboxylic acids is 1. The van der Waals surface area contributed by atoms with Gasteiger partial charge in [0, 0.05) is 34.7 Å². The van der Waals surface area contributed by atoms with Crippen molar-refractivity contribution in [1.82, 2.24) is 10.6 Å². The molecule has 0 radical (unpaired) electrons. The van der Waals surface area contributed by atoms with Crippen molar-refractivity contribution in [3.05, 3.63) is 80.9 Å². The molecule has 4 aromatic rings. The maximum atomic E-state index is 12.8. The lowest BCUT2D eigenvalue weighted by Crippen LogP contribution is -2.51. The second kappa shape index (κ2) is 10.9. The third-order valence-corrected chi connectivity index (χ3v) is 6.81. The molecule has 198 valence electrons. The number of benzene rings is 2. The average Bonchev–Trinajstić information content (AvgIpc) is 3.25. The molecule has 0 saturated heterocycles. The van der Waals surface area contributed by atoms with Crippen LogP contribution in [0.2, 0.25) is 0 Å². The van der Waals surface area contributed by atoms with Gasteiger partial charge in [-0.05, 0) is 56.9 Å². The molecule has 0 bridgehead atoms. The monoisotopic (exact) mass is 518 g/mol. The minimum Gasteiger partial charge on any atom is -0.480 e. The van der Waals surface area contributed by atoms with Gasteiger partial charge < -0.3 is 24.6 Å². The van der Waals surface area contributed by atoms with Crippen molar-refractivity contribution < 1.29 is 28.3 Å². The molecule has 0 aliphatic rings. The molecule has 2 aromatic heterocycles. The molecule has 2 heterocycles. The predicted molar refractivity (Wildman–Crippen MR) is 142 cm³/mol. The number of hydrogen-bond acceptors (Lipinski definition) is 6. The fourth-order valence-corrected chi connectivity index (χ4v) is 4.57. The summed E-state index contributed by atoms with van der Waals surface area (Å²) in [4.78, 5) is 49.6. The van der Waals surface area contributed by atoms with Crippen LogP contribution < -0.4 is 16.3 Å². The molecule has 0 saturated carbocycles. The van der Waals surface area contributed by atoms with E-state index in [1.165, 1.54) is 6.92 Å². The number of hydrogen-bond donors (Lipinski definition) is 3. The van der Waals surface area contributed by atoms with Crippen LogP contribution in [0.25, 0.3) is 21.9 Å². The normalized spacial score (nSPS) is 12.8. The van der Waals surface area contributed by atoms with Crippen molar-refractivity contribution in [2.75, 3.05) is 0 Å². The van der Waals surface area contributed by atoms with Gasteiger partial charge in [-0.1, -0.05) is 30.3 Å². The van der Waals surface area contributed by atoms with E-state index in [0.29, 0.717) is 16.7 Å². The van der Waals surface area contributed by atoms with Crippen molar-refractivity contribution in [2.24, 2.45) is 0 Å². The highest BCUT2D eigenvalue weighted by Crippen LogP contribution is 2.32. The first-order valence-corrected chi connectivity index (χ1v) is 12.4. The maximum Gasteiger partial charge on any atom is 0.339 e. The zero-order valence-electron chi connectivity index (χ0n) is 21.7. The van der Waals surface area contributed by atoms with Crippen molar-refractivity contribution >= 4 is 39.7 Å². The van der Waals surface area contributed by atoms with Crippen LogP contribution in [-0.4, -0.2) is 35.0 Å². The van der Waals surface area contributed by atoms with Gasteiger partial charge in [-0.15, -0.1) is 0 Å². The quantitative estimate of drug-likeness (QED) is 0.287. The van der Waals surface area contributed by atoms with Crippen molar-refractivity contribution in [3.8, 4) is 0 Å². The lowest BCUT2D eigenvalue weighted by Gasteiger charge is -2.19. The van der Waals surface area contributed by atoms with E-state index >= 15 is 0 Å². The largest absolute Gasteiger partial charge is 0.480 e. The van der Waals surface area contributed by atoms with Crippen LogP contribution in [0.3, 0.4) is 0 Å². The Kier molecular flexibility index (Phi) is 7.66. The van der Waals surface area contributed by atoms with E-state index in [1.807, 2.05) is 32.9 Å². The number of carboxylic acid groups (broad SMARTS) is 1. The number of carbonyl (C=O) groups is 3. The van der Waals surface area contributed by atoms with Crippen LogP contribution in [0.4, 0.5) is 0 Å². The topological polar surface area (TPSA) is 139 Å². The van der Waals surface area contributed by atoms with Gasteiger partial charge in [-0.25, -0.2) is 9.59 Å². The number of aryl methyl sites for hydroxylation is 3. The minimum atomic E-state index is -1.17. The molecule has 2 atom stereocenters. The van der Waals surface area contributed by atoms with Gasteiger partial charge in [0.1, 0.15) is 23.2 Å². The Balaban J connectivity index is 1.42. The molecule has 9 heteroatoms. The molecule has 0 fully saturated rings. The molecule has 9 nitrogen and oxygen atoms in total. The highest BCUT2D eigenvalue weighted by atomic mass is 16.4. The highest BCUT2D eigenvalue weighted by Gasteiger charge is 2.24. The Hall–Kier alpha value is -4.40. The van der Waals surface area contributed by atoms with Crippen LogP contribution in [-0.2, 0) is 27.2 Å². The third-order valence-electron chi connectivity index (χ3n) is 6.81. The lowest BCUT2D eigenvalue weighted by atomic mass is 9.98. The SMILES string of the molecule is Cc1coc2c(C)c3oc(=O)c(CCC(=O)NC(C)C(=O)NC(Cc4ccccc4)C(=O)O)c(C)c3cc12. The standard InChI is InChI=1S/C29H30N2O7/c1-15-14-37-25-17(3)26-22(13-21(15)25)16(2)20(29(36)38-26)10-11-24(32)30-18(4)27(33)31-23(28(34)35)12-19-8-6-5-7-9-19/h5-9,13-14,18,23H,10-12H2,1-4H3,(H,30,32)(H,31,33)(H,34,35). The van der Waals surface area contributed by atoms with E-state index in [1.54, 1.807) is 30.5 Å². The van der Waals surface area contributed by atoms with E-state index < -0.39 is 35.5 Å². The summed E-state index contributed by atoms with van der Waals surface area (Å²) in [5.74, 6) is -2.23. The van der Waals surface area contributed by atoms with Crippen molar-refractivity contribution in [3.63, 3.8) is 0 Å². The molecule has 2 aromatic carbocycles. The van der Waals surface area contributed by atoms with Gasteiger partial charge in [-0.2, -0.15) is 0 Å². The van der Waals surface area contributed by atoms with Gasteiger partial charge in [0.05, 0.1) is 6.26 Å². The summed E-state index contributed by atoms with van der Waals surface area (Å²) in [6.45, 7) is 7.08. The summed E-state index contributed by atoms with van der Waals surface area (Å²) in [5, 5.41) is 16.3. The van der Waals surface area contributed by atoms with Gasteiger partial charge in [0.2, 0.25) is 11.8 Å². The number of nitrogens with one attached hydrogen (secondary N) is 2. The fourth-order valence-electron chi connectivity index (χ4n) is 4.57. The zero-order chi connectivity index (χ0) is 27.6. The number of aliphatic carboxylic acids is 1. The number of rotatable bonds is 9. The second-order valence-corrected chi connectivity index (χ2v) is 9.55. The number of amides is 2. The van der Waals surface area contributed by atoms with Gasteiger partial charge in [0.15, 0.2) is 0 Å². The highest BCUT2D eigenvalue weighted by molar-refractivity contribution is 5.99. The zero-order valence-corrected chi connectivity index (χ0v) is 21.7. The number of carbonyl (C=O) groups excluding carboxylic acids is 2. The summed E-state index contributed by atoms with van der Waals surface area (Å²) in [7, 11) is 0. The van der Waals surface area contributed by atoms with Gasteiger partial charge >= 0.3 is 11.6 Å². The molecule has 0 aliphatic heterocycles. The van der Waals surface area contributed by atoms with E-state index in [2.05, 4.69) is 10.6 Å². The van der Waals surface area contributed by atoms with Crippen LogP contribution >= 0.6 is 0 Å². The van der Waals surface area contributed by atoms with Gasteiger partial charge in [0.25, 0.3) is 0 Å². The van der Waals surface area contributed by atoms with E-state index in [9.17, 15) is 24.3 Å². The minimum absolute atomic E-state index is 0.0485. The Morgan fingerprint density at radius 3 is 2.37 bits per heavy atom. The second-order valence-electron chi connectivity index (χ2n) is 9.55. The molecule has 0 spiro atoms. The third kappa shape index (κ3) is 5.46. The van der Waals surface area contributed by atoms with Crippen molar-refractivity contribution in [2.45, 2.75) is 59.0 Å². The summed E-state index contributed by atoms with van der Waals surface area (Å²) >= 11 is 0. The number of fused-ring (bicyclic) bond motifs is 2.